The van der Waals surface area contributed by atoms with E-state index in [9.17, 15) is 8.42 Å². The number of benzene rings is 1. The lowest BCUT2D eigenvalue weighted by atomic mass is 10.1. The van der Waals surface area contributed by atoms with E-state index < -0.39 is 9.05 Å². The van der Waals surface area contributed by atoms with E-state index in [2.05, 4.69) is 0 Å². The molecule has 0 saturated carbocycles. The second-order valence-corrected chi connectivity index (χ2v) is 6.22. The molecule has 98 valence electrons. The zero-order chi connectivity index (χ0) is 13.3. The number of hydrogen-bond acceptors (Lipinski definition) is 4. The Morgan fingerprint density at radius 3 is 2.61 bits per heavy atom. The van der Waals surface area contributed by atoms with Crippen LogP contribution in [0.4, 0.5) is 0 Å². The first-order valence-electron chi connectivity index (χ1n) is 5.60. The van der Waals surface area contributed by atoms with Crippen molar-refractivity contribution in [2.75, 3.05) is 6.61 Å². The lowest BCUT2D eigenvalue weighted by molar-refractivity contribution is 0.340. The number of furan rings is 1. The lowest BCUT2D eigenvalue weighted by Gasteiger charge is -2.02. The maximum absolute atomic E-state index is 11.4. The summed E-state index contributed by atoms with van der Waals surface area (Å²) in [6.45, 7) is 4.28. The Morgan fingerprint density at radius 2 is 2.06 bits per heavy atom. The molecule has 0 amide bonds. The Hall–Kier alpha value is -1.20. The van der Waals surface area contributed by atoms with Crippen molar-refractivity contribution in [2.24, 2.45) is 0 Å². The number of hydrogen-bond donors (Lipinski definition) is 0. The van der Waals surface area contributed by atoms with Crippen molar-refractivity contribution in [1.29, 1.82) is 0 Å². The van der Waals surface area contributed by atoms with Crippen LogP contribution in [0.5, 0.6) is 5.75 Å². The van der Waals surface area contributed by atoms with Gasteiger partial charge in [0.05, 0.1) is 6.61 Å². The van der Waals surface area contributed by atoms with Crippen LogP contribution < -0.4 is 4.74 Å². The Balaban J connectivity index is 2.70. The minimum atomic E-state index is -3.87. The van der Waals surface area contributed by atoms with Crippen LogP contribution in [0, 0.1) is 0 Å². The van der Waals surface area contributed by atoms with Crippen molar-refractivity contribution >= 4 is 30.7 Å². The van der Waals surface area contributed by atoms with Crippen LogP contribution in [0.1, 0.15) is 19.4 Å². The van der Waals surface area contributed by atoms with Crippen LogP contribution in [-0.4, -0.2) is 15.0 Å². The second-order valence-electron chi connectivity index (χ2n) is 3.75. The zero-order valence-corrected chi connectivity index (χ0v) is 11.6. The van der Waals surface area contributed by atoms with Gasteiger partial charge in [0.25, 0.3) is 9.05 Å². The number of halogens is 1. The van der Waals surface area contributed by atoms with Gasteiger partial charge in [0, 0.05) is 21.6 Å². The van der Waals surface area contributed by atoms with E-state index in [4.69, 9.17) is 19.8 Å². The Kier molecular flexibility index (Phi) is 3.54. The molecule has 0 spiro atoms. The molecule has 1 aromatic carbocycles. The smallest absolute Gasteiger partial charge is 0.294 e. The van der Waals surface area contributed by atoms with E-state index in [-0.39, 0.29) is 5.09 Å². The number of rotatable bonds is 4. The van der Waals surface area contributed by atoms with Crippen LogP contribution in [0.3, 0.4) is 0 Å². The van der Waals surface area contributed by atoms with Crippen LogP contribution in [-0.2, 0) is 15.5 Å². The summed E-state index contributed by atoms with van der Waals surface area (Å²) in [5.74, 6) is 0.680. The minimum Gasteiger partial charge on any atom is -0.494 e. The third-order valence-electron chi connectivity index (χ3n) is 2.61. The topological polar surface area (TPSA) is 56.5 Å². The van der Waals surface area contributed by atoms with E-state index in [1.165, 1.54) is 0 Å². The van der Waals surface area contributed by atoms with Crippen molar-refractivity contribution < 1.29 is 17.6 Å². The van der Waals surface area contributed by atoms with E-state index in [0.717, 1.165) is 5.39 Å². The van der Waals surface area contributed by atoms with Gasteiger partial charge < -0.3 is 9.15 Å². The summed E-state index contributed by atoms with van der Waals surface area (Å²) >= 11 is 0. The van der Waals surface area contributed by atoms with Gasteiger partial charge in [0.1, 0.15) is 11.3 Å². The molecule has 0 aliphatic carbocycles. The second kappa shape index (κ2) is 4.82. The predicted molar refractivity (Wildman–Crippen MR) is 69.8 cm³/mol. The molecular formula is C12H13ClO4S. The molecule has 1 aromatic heterocycles. The summed E-state index contributed by atoms with van der Waals surface area (Å²) in [5.41, 5.74) is 1.08. The van der Waals surface area contributed by atoms with Gasteiger partial charge in [-0.15, -0.1) is 0 Å². The van der Waals surface area contributed by atoms with Gasteiger partial charge in [-0.25, -0.2) is 8.42 Å². The normalized spacial score (nSPS) is 11.9. The van der Waals surface area contributed by atoms with E-state index >= 15 is 0 Å². The van der Waals surface area contributed by atoms with Gasteiger partial charge in [-0.1, -0.05) is 6.92 Å². The van der Waals surface area contributed by atoms with Gasteiger partial charge in [0.15, 0.2) is 0 Å². The fraction of sp³-hybridized carbons (Fsp3) is 0.333. The molecule has 0 radical (unpaired) electrons. The summed E-state index contributed by atoms with van der Waals surface area (Å²) in [6.07, 6.45) is 0.518. The molecule has 2 rings (SSSR count). The van der Waals surface area contributed by atoms with E-state index in [1.54, 1.807) is 18.2 Å². The highest BCUT2D eigenvalue weighted by atomic mass is 35.7. The van der Waals surface area contributed by atoms with Crippen LogP contribution in [0.25, 0.3) is 11.0 Å². The Bertz CT molecular complexity index is 673. The predicted octanol–water partition coefficient (Wildman–Crippen LogP) is 3.32. The van der Waals surface area contributed by atoms with Crippen LogP contribution in [0.2, 0.25) is 0 Å². The highest BCUT2D eigenvalue weighted by molar-refractivity contribution is 8.13. The average Bonchev–Trinajstić information content (AvgIpc) is 2.67. The summed E-state index contributed by atoms with van der Waals surface area (Å²) in [6, 6.07) is 5.19. The molecule has 0 bridgehead atoms. The summed E-state index contributed by atoms with van der Waals surface area (Å²) in [7, 11) is 1.49. The first kappa shape index (κ1) is 13.2. The van der Waals surface area contributed by atoms with Crippen molar-refractivity contribution in [3.63, 3.8) is 0 Å². The van der Waals surface area contributed by atoms with Crippen molar-refractivity contribution in [3.05, 3.63) is 23.8 Å². The molecule has 18 heavy (non-hydrogen) atoms. The van der Waals surface area contributed by atoms with Crippen molar-refractivity contribution in [1.82, 2.24) is 0 Å². The fourth-order valence-corrected chi connectivity index (χ4v) is 3.01. The quantitative estimate of drug-likeness (QED) is 0.810. The monoisotopic (exact) mass is 288 g/mol. The van der Waals surface area contributed by atoms with Crippen molar-refractivity contribution in [3.8, 4) is 5.75 Å². The average molecular weight is 289 g/mol. The maximum atomic E-state index is 11.4. The van der Waals surface area contributed by atoms with Crippen molar-refractivity contribution in [2.45, 2.75) is 25.4 Å². The molecule has 0 aliphatic rings. The molecule has 0 aliphatic heterocycles. The van der Waals surface area contributed by atoms with Gasteiger partial charge in [-0.05, 0) is 31.5 Å². The summed E-state index contributed by atoms with van der Waals surface area (Å²) in [4.78, 5) is 0. The Morgan fingerprint density at radius 1 is 1.33 bits per heavy atom. The molecule has 4 nitrogen and oxygen atoms in total. The number of fused-ring (bicyclic) bond motifs is 1. The van der Waals surface area contributed by atoms with Crippen LogP contribution in [0.15, 0.2) is 27.7 Å². The zero-order valence-electron chi connectivity index (χ0n) is 10.1. The molecule has 0 saturated heterocycles. The molecule has 2 aromatic rings. The molecule has 0 N–H and O–H groups in total. The molecule has 0 unspecified atom stereocenters. The minimum absolute atomic E-state index is 0.171. The van der Waals surface area contributed by atoms with Gasteiger partial charge in [0.2, 0.25) is 5.09 Å². The molecule has 0 atom stereocenters. The van der Waals surface area contributed by atoms with Crippen LogP contribution >= 0.6 is 10.7 Å². The highest BCUT2D eigenvalue weighted by Gasteiger charge is 2.23. The largest absolute Gasteiger partial charge is 0.494 e. The number of ether oxygens (including phenoxy) is 1. The summed E-state index contributed by atoms with van der Waals surface area (Å²) < 4.78 is 33.6. The lowest BCUT2D eigenvalue weighted by Crippen LogP contribution is -1.93. The standard InChI is InChI=1S/C12H13ClO4S/c1-3-9-10-7-8(16-4-2)5-6-11(10)17-12(9)18(13,14)15/h5-7H,3-4H2,1-2H3. The fourth-order valence-electron chi connectivity index (χ4n) is 1.89. The van der Waals surface area contributed by atoms with Gasteiger partial charge in [-0.3, -0.25) is 0 Å². The molecule has 6 heteroatoms. The van der Waals surface area contributed by atoms with Gasteiger partial charge >= 0.3 is 0 Å². The number of aryl methyl sites for hydroxylation is 1. The third-order valence-corrected chi connectivity index (χ3v) is 3.80. The van der Waals surface area contributed by atoms with E-state index in [1.807, 2.05) is 13.8 Å². The first-order chi connectivity index (χ1) is 8.47. The highest BCUT2D eigenvalue weighted by Crippen LogP contribution is 2.33. The van der Waals surface area contributed by atoms with E-state index in [0.29, 0.717) is 29.9 Å². The third kappa shape index (κ3) is 2.33. The molecule has 1 heterocycles. The maximum Gasteiger partial charge on any atom is 0.294 e. The van der Waals surface area contributed by atoms with Gasteiger partial charge in [-0.2, -0.15) is 0 Å². The first-order valence-corrected chi connectivity index (χ1v) is 7.91. The molecule has 0 fully saturated rings. The Labute approximate surface area is 110 Å². The molecular weight excluding hydrogens is 276 g/mol. The SMILES string of the molecule is CCOc1ccc2oc(S(=O)(=O)Cl)c(CC)c2c1. The summed E-state index contributed by atoms with van der Waals surface area (Å²) in [5, 5.41) is 0.554.